The Bertz CT molecular complexity index is 1060. The molecule has 0 saturated carbocycles. The second-order valence-electron chi connectivity index (χ2n) is 8.32. The highest BCUT2D eigenvalue weighted by molar-refractivity contribution is 7.18. The number of amides is 1. The van der Waals surface area contributed by atoms with Crippen LogP contribution in [0.1, 0.15) is 23.5 Å². The van der Waals surface area contributed by atoms with Crippen molar-refractivity contribution in [3.63, 3.8) is 0 Å². The number of benzene rings is 2. The molecule has 1 unspecified atom stereocenters. The zero-order valence-corrected chi connectivity index (χ0v) is 19.1. The topological polar surface area (TPSA) is 66.9 Å². The van der Waals surface area contributed by atoms with Crippen LogP contribution in [0.5, 0.6) is 11.5 Å². The number of nitrogens with zero attached hydrogens (tertiary/aromatic N) is 3. The summed E-state index contributed by atoms with van der Waals surface area (Å²) in [5, 5.41) is 4.28. The number of fused-ring (bicyclic) bond motifs is 2. The molecule has 168 valence electrons. The predicted molar refractivity (Wildman–Crippen MR) is 125 cm³/mol. The molecule has 7 nitrogen and oxygen atoms in total. The van der Waals surface area contributed by atoms with Crippen molar-refractivity contribution < 1.29 is 14.3 Å². The highest BCUT2D eigenvalue weighted by Gasteiger charge is 2.21. The van der Waals surface area contributed by atoms with Crippen molar-refractivity contribution in [1.29, 1.82) is 0 Å². The third-order valence-electron chi connectivity index (χ3n) is 5.97. The molecule has 0 radical (unpaired) electrons. The summed E-state index contributed by atoms with van der Waals surface area (Å²) in [5.41, 5.74) is 2.10. The fourth-order valence-corrected chi connectivity index (χ4v) is 5.20. The minimum absolute atomic E-state index is 0.0482. The van der Waals surface area contributed by atoms with Gasteiger partial charge in [-0.15, -0.1) is 11.3 Å². The Kier molecular flexibility index (Phi) is 6.25. The molecule has 3 heterocycles. The summed E-state index contributed by atoms with van der Waals surface area (Å²) < 4.78 is 12.5. The molecule has 0 bridgehead atoms. The Labute approximate surface area is 191 Å². The molecule has 1 amide bonds. The maximum atomic E-state index is 12.6. The number of ether oxygens (including phenoxy) is 2. The van der Waals surface area contributed by atoms with Crippen molar-refractivity contribution in [1.82, 2.24) is 20.1 Å². The van der Waals surface area contributed by atoms with Crippen molar-refractivity contribution in [3.8, 4) is 11.5 Å². The largest absolute Gasteiger partial charge is 0.486 e. The number of hydrogen-bond acceptors (Lipinski definition) is 7. The third-order valence-corrected chi connectivity index (χ3v) is 6.99. The minimum atomic E-state index is -0.0846. The Balaban J connectivity index is 1.09. The SMILES string of the molecule is CC(NC(=O)CN1CCN(Cc2nc3ccccc3s2)CC1)c1ccc2c(c1)OCCO2. The Morgan fingerprint density at radius 1 is 1.06 bits per heavy atom. The first kappa shape index (κ1) is 21.2. The van der Waals surface area contributed by atoms with Gasteiger partial charge in [-0.05, 0) is 36.8 Å². The lowest BCUT2D eigenvalue weighted by Crippen LogP contribution is -2.49. The van der Waals surface area contributed by atoms with E-state index in [4.69, 9.17) is 14.5 Å². The van der Waals surface area contributed by atoms with Crippen LogP contribution < -0.4 is 14.8 Å². The third kappa shape index (κ3) is 4.87. The van der Waals surface area contributed by atoms with Crippen LogP contribution in [-0.4, -0.2) is 66.6 Å². The smallest absolute Gasteiger partial charge is 0.234 e. The lowest BCUT2D eigenvalue weighted by molar-refractivity contribution is -0.123. The second-order valence-corrected chi connectivity index (χ2v) is 9.44. The average Bonchev–Trinajstić information content (AvgIpc) is 3.22. The van der Waals surface area contributed by atoms with Gasteiger partial charge in [-0.25, -0.2) is 4.98 Å². The monoisotopic (exact) mass is 452 g/mol. The number of thiazole rings is 1. The van der Waals surface area contributed by atoms with Gasteiger partial charge in [0.15, 0.2) is 11.5 Å². The highest BCUT2D eigenvalue weighted by atomic mass is 32.1. The number of piperazine rings is 1. The van der Waals surface area contributed by atoms with Crippen LogP contribution in [0, 0.1) is 0 Å². The van der Waals surface area contributed by atoms with E-state index in [2.05, 4.69) is 33.3 Å². The van der Waals surface area contributed by atoms with E-state index in [9.17, 15) is 4.79 Å². The van der Waals surface area contributed by atoms with E-state index in [-0.39, 0.29) is 11.9 Å². The average molecular weight is 453 g/mol. The fraction of sp³-hybridized carbons (Fsp3) is 0.417. The number of carbonyl (C=O) groups excluding carboxylic acids is 1. The number of para-hydroxylation sites is 1. The molecule has 1 N–H and O–H groups in total. The Morgan fingerprint density at radius 2 is 1.81 bits per heavy atom. The zero-order chi connectivity index (χ0) is 21.9. The van der Waals surface area contributed by atoms with Gasteiger partial charge in [-0.2, -0.15) is 0 Å². The summed E-state index contributed by atoms with van der Waals surface area (Å²) in [6.45, 7) is 8.09. The van der Waals surface area contributed by atoms with Crippen LogP contribution in [0.4, 0.5) is 0 Å². The highest BCUT2D eigenvalue weighted by Crippen LogP contribution is 2.32. The van der Waals surface area contributed by atoms with Gasteiger partial charge in [0, 0.05) is 26.2 Å². The number of aromatic nitrogens is 1. The van der Waals surface area contributed by atoms with Gasteiger partial charge in [0.25, 0.3) is 0 Å². The Morgan fingerprint density at radius 3 is 2.62 bits per heavy atom. The summed E-state index contributed by atoms with van der Waals surface area (Å²) in [4.78, 5) is 22.0. The number of carbonyl (C=O) groups is 1. The molecule has 2 aliphatic rings. The molecule has 1 saturated heterocycles. The van der Waals surface area contributed by atoms with Gasteiger partial charge in [0.2, 0.25) is 5.91 Å². The maximum Gasteiger partial charge on any atom is 0.234 e. The van der Waals surface area contributed by atoms with E-state index in [0.717, 1.165) is 60.3 Å². The van der Waals surface area contributed by atoms with Crippen LogP contribution in [0.2, 0.25) is 0 Å². The van der Waals surface area contributed by atoms with E-state index in [0.29, 0.717) is 19.8 Å². The Hall–Kier alpha value is -2.68. The molecule has 3 aromatic rings. The lowest BCUT2D eigenvalue weighted by Gasteiger charge is -2.34. The molecule has 2 aromatic carbocycles. The molecule has 1 fully saturated rings. The normalized spacial score (nSPS) is 17.9. The first-order chi connectivity index (χ1) is 15.6. The van der Waals surface area contributed by atoms with Crippen LogP contribution in [-0.2, 0) is 11.3 Å². The van der Waals surface area contributed by atoms with Crippen LogP contribution in [0.15, 0.2) is 42.5 Å². The van der Waals surface area contributed by atoms with Gasteiger partial charge in [0.05, 0.1) is 29.3 Å². The second kappa shape index (κ2) is 9.44. The van der Waals surface area contributed by atoms with Crippen molar-refractivity contribution in [3.05, 3.63) is 53.0 Å². The van der Waals surface area contributed by atoms with Crippen LogP contribution >= 0.6 is 11.3 Å². The molecule has 8 heteroatoms. The van der Waals surface area contributed by atoms with E-state index in [1.165, 1.54) is 4.70 Å². The molecule has 0 aliphatic carbocycles. The summed E-state index contributed by atoms with van der Waals surface area (Å²) in [6, 6.07) is 14.1. The molecule has 32 heavy (non-hydrogen) atoms. The van der Waals surface area contributed by atoms with Gasteiger partial charge in [-0.3, -0.25) is 14.6 Å². The van der Waals surface area contributed by atoms with Crippen molar-refractivity contribution in [2.45, 2.75) is 19.5 Å². The summed E-state index contributed by atoms with van der Waals surface area (Å²) in [7, 11) is 0. The molecular weight excluding hydrogens is 424 g/mol. The molecule has 1 aromatic heterocycles. The quantitative estimate of drug-likeness (QED) is 0.620. The van der Waals surface area contributed by atoms with E-state index in [1.807, 2.05) is 31.2 Å². The summed E-state index contributed by atoms with van der Waals surface area (Å²) in [6.07, 6.45) is 0. The van der Waals surface area contributed by atoms with E-state index >= 15 is 0 Å². The molecule has 1 atom stereocenters. The number of nitrogens with one attached hydrogen (secondary N) is 1. The molecule has 2 aliphatic heterocycles. The molecule has 0 spiro atoms. The lowest BCUT2D eigenvalue weighted by atomic mass is 10.1. The first-order valence-corrected chi connectivity index (χ1v) is 11.9. The summed E-state index contributed by atoms with van der Waals surface area (Å²) >= 11 is 1.77. The van der Waals surface area contributed by atoms with Crippen molar-refractivity contribution in [2.75, 3.05) is 45.9 Å². The van der Waals surface area contributed by atoms with Gasteiger partial charge in [0.1, 0.15) is 18.2 Å². The number of hydrogen-bond donors (Lipinski definition) is 1. The van der Waals surface area contributed by atoms with E-state index in [1.54, 1.807) is 11.3 Å². The van der Waals surface area contributed by atoms with Gasteiger partial charge < -0.3 is 14.8 Å². The molecular formula is C24H28N4O3S. The van der Waals surface area contributed by atoms with Gasteiger partial charge in [-0.1, -0.05) is 18.2 Å². The minimum Gasteiger partial charge on any atom is -0.486 e. The van der Waals surface area contributed by atoms with Gasteiger partial charge >= 0.3 is 0 Å². The van der Waals surface area contributed by atoms with Crippen LogP contribution in [0.25, 0.3) is 10.2 Å². The zero-order valence-electron chi connectivity index (χ0n) is 18.3. The van der Waals surface area contributed by atoms with Crippen molar-refractivity contribution >= 4 is 27.5 Å². The predicted octanol–water partition coefficient (Wildman–Crippen LogP) is 3.06. The first-order valence-electron chi connectivity index (χ1n) is 11.1. The molecule has 5 rings (SSSR count). The van der Waals surface area contributed by atoms with E-state index < -0.39 is 0 Å². The maximum absolute atomic E-state index is 12.6. The van der Waals surface area contributed by atoms with Crippen LogP contribution in [0.3, 0.4) is 0 Å². The fourth-order valence-electron chi connectivity index (χ4n) is 4.19. The standard InChI is InChI=1S/C24H28N4O3S/c1-17(18-6-7-20-21(14-18)31-13-12-30-20)25-23(29)15-27-8-10-28(11-9-27)16-24-26-19-4-2-3-5-22(19)32-24/h2-7,14,17H,8-13,15-16H2,1H3,(H,25,29). The summed E-state index contributed by atoms with van der Waals surface area (Å²) in [5.74, 6) is 1.56. The van der Waals surface area contributed by atoms with Crippen molar-refractivity contribution in [2.24, 2.45) is 0 Å². The number of rotatable bonds is 6.